The Balaban J connectivity index is 1.50. The molecule has 3 aliphatic rings. The Hall–Kier alpha value is -1.62. The first-order chi connectivity index (χ1) is 11.5. The fourth-order valence-electron chi connectivity index (χ4n) is 4.99. The Morgan fingerprint density at radius 3 is 2.75 bits per heavy atom. The van der Waals surface area contributed by atoms with Crippen molar-refractivity contribution in [1.29, 1.82) is 0 Å². The number of halogens is 1. The number of phenolic OH excluding ortho intramolecular Hbond substituents is 1. The zero-order valence-corrected chi connectivity index (χ0v) is 13.9. The van der Waals surface area contributed by atoms with Gasteiger partial charge < -0.3 is 15.7 Å². The fraction of sp³-hybridized carbons (Fsp3) is 0.632. The number of likely N-dealkylation sites (tertiary alicyclic amines) is 1. The van der Waals surface area contributed by atoms with Crippen LogP contribution in [0.4, 0.5) is 4.39 Å². The van der Waals surface area contributed by atoms with Gasteiger partial charge in [0.15, 0.2) is 11.6 Å². The minimum atomic E-state index is -0.602. The molecule has 3 N–H and O–H groups in total. The first-order valence-corrected chi connectivity index (χ1v) is 8.99. The minimum Gasteiger partial charge on any atom is -0.505 e. The van der Waals surface area contributed by atoms with Gasteiger partial charge in [-0.2, -0.15) is 0 Å². The summed E-state index contributed by atoms with van der Waals surface area (Å²) in [6.45, 7) is 1.87. The van der Waals surface area contributed by atoms with E-state index in [4.69, 9.17) is 5.73 Å². The fourth-order valence-corrected chi connectivity index (χ4v) is 4.99. The molecule has 2 atom stereocenters. The quantitative estimate of drug-likeness (QED) is 0.894. The van der Waals surface area contributed by atoms with Gasteiger partial charge >= 0.3 is 0 Å². The number of nitrogens with two attached hydrogens (primary N) is 1. The van der Waals surface area contributed by atoms with E-state index < -0.39 is 5.82 Å². The van der Waals surface area contributed by atoms with Crippen molar-refractivity contribution in [2.24, 2.45) is 16.6 Å². The van der Waals surface area contributed by atoms with E-state index >= 15 is 0 Å². The Morgan fingerprint density at radius 1 is 1.38 bits per heavy atom. The molecule has 130 valence electrons. The molecule has 4 nitrogen and oxygen atoms in total. The molecule has 2 unspecified atom stereocenters. The largest absolute Gasteiger partial charge is 0.505 e. The molecule has 0 bridgehead atoms. The van der Waals surface area contributed by atoms with Gasteiger partial charge in [0.1, 0.15) is 0 Å². The van der Waals surface area contributed by atoms with Crippen molar-refractivity contribution >= 4 is 5.91 Å². The number of amides is 1. The number of hydrogen-bond acceptors (Lipinski definition) is 3. The van der Waals surface area contributed by atoms with Crippen LogP contribution in [0.5, 0.6) is 5.75 Å². The molecular weight excluding hydrogens is 307 g/mol. The van der Waals surface area contributed by atoms with Crippen LogP contribution in [0.3, 0.4) is 0 Å². The van der Waals surface area contributed by atoms with E-state index in [1.54, 1.807) is 6.07 Å². The summed E-state index contributed by atoms with van der Waals surface area (Å²) in [5.74, 6) is -0.541. The standard InChI is InChI=1S/C19H25FN2O2/c20-15-5-4-13(9-16(15)23)14-3-1-8-22(10-14)17(24)19(12-21)11-18(19)6-2-7-18/h4-5,9,14,23H,1-3,6-8,10-12,21H2. The Morgan fingerprint density at radius 2 is 2.17 bits per heavy atom. The van der Waals surface area contributed by atoms with Crippen molar-refractivity contribution in [3.8, 4) is 5.75 Å². The Bertz CT molecular complexity index is 673. The van der Waals surface area contributed by atoms with E-state index in [-0.39, 0.29) is 28.4 Å². The topological polar surface area (TPSA) is 66.6 Å². The van der Waals surface area contributed by atoms with Crippen LogP contribution in [0.25, 0.3) is 0 Å². The molecule has 1 aromatic carbocycles. The molecule has 4 rings (SSSR count). The van der Waals surface area contributed by atoms with Gasteiger partial charge in [-0.25, -0.2) is 4.39 Å². The zero-order chi connectivity index (χ0) is 16.9. The molecule has 1 saturated heterocycles. The second-order valence-corrected chi connectivity index (χ2v) is 7.90. The maximum absolute atomic E-state index is 13.3. The molecule has 3 fully saturated rings. The van der Waals surface area contributed by atoms with E-state index in [0.29, 0.717) is 13.1 Å². The van der Waals surface area contributed by atoms with Gasteiger partial charge in [-0.3, -0.25) is 4.79 Å². The van der Waals surface area contributed by atoms with Crippen LogP contribution in [0.2, 0.25) is 0 Å². The lowest BCUT2D eigenvalue weighted by Gasteiger charge is -2.38. The summed E-state index contributed by atoms with van der Waals surface area (Å²) in [6.07, 6.45) is 6.33. The van der Waals surface area contributed by atoms with Gasteiger partial charge in [-0.05, 0) is 55.2 Å². The normalized spacial score (nSPS) is 30.9. The third-order valence-electron chi connectivity index (χ3n) is 6.75. The third-order valence-corrected chi connectivity index (χ3v) is 6.75. The number of nitrogens with zero attached hydrogens (tertiary/aromatic N) is 1. The summed E-state index contributed by atoms with van der Waals surface area (Å²) in [7, 11) is 0. The highest BCUT2D eigenvalue weighted by molar-refractivity contribution is 5.88. The highest BCUT2D eigenvalue weighted by atomic mass is 19.1. The Kier molecular flexibility index (Phi) is 3.60. The first-order valence-electron chi connectivity index (χ1n) is 8.99. The van der Waals surface area contributed by atoms with E-state index in [1.165, 1.54) is 18.6 Å². The SMILES string of the molecule is NCC1(C(=O)N2CCCC(c3ccc(F)c(O)c3)C2)CC12CCC2. The second-order valence-electron chi connectivity index (χ2n) is 7.90. The summed E-state index contributed by atoms with van der Waals surface area (Å²) in [4.78, 5) is 15.1. The molecular formula is C19H25FN2O2. The van der Waals surface area contributed by atoms with Gasteiger partial charge in [0.25, 0.3) is 0 Å². The van der Waals surface area contributed by atoms with E-state index in [0.717, 1.165) is 44.2 Å². The van der Waals surface area contributed by atoms with Crippen LogP contribution in [0, 0.1) is 16.6 Å². The molecule has 24 heavy (non-hydrogen) atoms. The lowest BCUT2D eigenvalue weighted by Crippen LogP contribution is -2.48. The second kappa shape index (κ2) is 5.45. The zero-order valence-electron chi connectivity index (χ0n) is 13.9. The number of piperidine rings is 1. The van der Waals surface area contributed by atoms with Crippen molar-refractivity contribution in [3.05, 3.63) is 29.6 Å². The predicted octanol–water partition coefficient (Wildman–Crippen LogP) is 2.76. The molecule has 2 aliphatic carbocycles. The molecule has 5 heteroatoms. The van der Waals surface area contributed by atoms with Crippen molar-refractivity contribution < 1.29 is 14.3 Å². The maximum atomic E-state index is 13.3. The van der Waals surface area contributed by atoms with Crippen LogP contribution in [0.1, 0.15) is 50.0 Å². The van der Waals surface area contributed by atoms with Crippen molar-refractivity contribution in [2.75, 3.05) is 19.6 Å². The van der Waals surface area contributed by atoms with Crippen molar-refractivity contribution in [3.63, 3.8) is 0 Å². The monoisotopic (exact) mass is 332 g/mol. The van der Waals surface area contributed by atoms with Gasteiger partial charge in [-0.15, -0.1) is 0 Å². The number of benzene rings is 1. The average Bonchev–Trinajstić information content (AvgIpc) is 3.28. The predicted molar refractivity (Wildman–Crippen MR) is 89.0 cm³/mol. The number of phenols is 1. The minimum absolute atomic E-state index is 0.153. The van der Waals surface area contributed by atoms with Gasteiger partial charge in [0, 0.05) is 25.6 Å². The molecule has 2 saturated carbocycles. The highest BCUT2D eigenvalue weighted by Crippen LogP contribution is 2.74. The first kappa shape index (κ1) is 15.9. The van der Waals surface area contributed by atoms with Gasteiger partial charge in [0.2, 0.25) is 5.91 Å². The molecule has 0 aromatic heterocycles. The van der Waals surface area contributed by atoms with Gasteiger partial charge in [0.05, 0.1) is 5.41 Å². The number of aromatic hydroxyl groups is 1. The van der Waals surface area contributed by atoms with Crippen LogP contribution < -0.4 is 5.73 Å². The summed E-state index contributed by atoms with van der Waals surface area (Å²) in [5.41, 5.74) is 6.80. The molecule has 0 radical (unpaired) electrons. The number of rotatable bonds is 3. The maximum Gasteiger partial charge on any atom is 0.230 e. The average molecular weight is 332 g/mol. The van der Waals surface area contributed by atoms with E-state index in [1.807, 2.05) is 4.90 Å². The lowest BCUT2D eigenvalue weighted by molar-refractivity contribution is -0.140. The van der Waals surface area contributed by atoms with Gasteiger partial charge in [-0.1, -0.05) is 12.5 Å². The van der Waals surface area contributed by atoms with Crippen LogP contribution in [0.15, 0.2) is 18.2 Å². The highest BCUT2D eigenvalue weighted by Gasteiger charge is 2.73. The third kappa shape index (κ3) is 2.17. The van der Waals surface area contributed by atoms with Crippen LogP contribution in [-0.4, -0.2) is 35.5 Å². The summed E-state index contributed by atoms with van der Waals surface area (Å²) < 4.78 is 13.3. The van der Waals surface area contributed by atoms with Crippen LogP contribution >= 0.6 is 0 Å². The molecule has 1 aromatic rings. The van der Waals surface area contributed by atoms with E-state index in [2.05, 4.69) is 0 Å². The summed E-state index contributed by atoms with van der Waals surface area (Å²) in [6, 6.07) is 4.52. The van der Waals surface area contributed by atoms with Crippen molar-refractivity contribution in [2.45, 2.75) is 44.4 Å². The molecule has 1 spiro atoms. The Labute approximate surface area is 141 Å². The molecule has 1 heterocycles. The number of carbonyl (C=O) groups excluding carboxylic acids is 1. The summed E-state index contributed by atoms with van der Waals surface area (Å²) >= 11 is 0. The van der Waals surface area contributed by atoms with Crippen LogP contribution in [-0.2, 0) is 4.79 Å². The lowest BCUT2D eigenvalue weighted by atomic mass is 9.74. The molecule has 1 amide bonds. The number of carbonyl (C=O) groups is 1. The smallest absolute Gasteiger partial charge is 0.230 e. The number of hydrogen-bond donors (Lipinski definition) is 2. The molecule has 1 aliphatic heterocycles. The van der Waals surface area contributed by atoms with E-state index in [9.17, 15) is 14.3 Å². The summed E-state index contributed by atoms with van der Waals surface area (Å²) in [5, 5.41) is 9.62. The van der Waals surface area contributed by atoms with Crippen molar-refractivity contribution in [1.82, 2.24) is 4.90 Å².